The summed E-state index contributed by atoms with van der Waals surface area (Å²) in [5, 5.41) is 11.1. The molecule has 2 aliphatic carbocycles. The van der Waals surface area contributed by atoms with Crippen molar-refractivity contribution < 1.29 is 33.4 Å². The van der Waals surface area contributed by atoms with Crippen LogP contribution in [0.1, 0.15) is 30.4 Å². The molecular formula is C23H30NO6+. The number of carbonyl (C=O) groups is 2. The maximum Gasteiger partial charge on any atom is 0.361 e. The lowest BCUT2D eigenvalue weighted by atomic mass is 9.55. The number of likely N-dealkylation sites (tertiary alicyclic amines) is 1. The molecule has 1 aliphatic heterocycles. The van der Waals surface area contributed by atoms with Crippen LogP contribution in [0.5, 0.6) is 11.5 Å². The second-order valence-corrected chi connectivity index (χ2v) is 8.98. The molecule has 1 saturated heterocycles. The van der Waals surface area contributed by atoms with Crippen molar-refractivity contribution in [3.05, 3.63) is 35.1 Å². The van der Waals surface area contributed by atoms with E-state index in [9.17, 15) is 14.7 Å². The molecule has 4 unspecified atom stereocenters. The van der Waals surface area contributed by atoms with Gasteiger partial charge in [-0.25, -0.2) is 4.79 Å². The van der Waals surface area contributed by atoms with Crippen molar-refractivity contribution in [1.29, 1.82) is 0 Å². The van der Waals surface area contributed by atoms with Crippen molar-refractivity contribution in [2.24, 2.45) is 5.92 Å². The van der Waals surface area contributed by atoms with E-state index < -0.39 is 5.41 Å². The van der Waals surface area contributed by atoms with E-state index in [4.69, 9.17) is 14.2 Å². The largest absolute Gasteiger partial charge is 0.504 e. The Morgan fingerprint density at radius 1 is 1.27 bits per heavy atom. The van der Waals surface area contributed by atoms with Crippen LogP contribution in [0.25, 0.3) is 0 Å². The number of rotatable bonds is 4. The van der Waals surface area contributed by atoms with Gasteiger partial charge in [-0.15, -0.1) is 0 Å². The molecule has 0 aromatic heterocycles. The Morgan fingerprint density at radius 2 is 2.03 bits per heavy atom. The highest BCUT2D eigenvalue weighted by Crippen LogP contribution is 2.58. The number of phenols is 1. The van der Waals surface area contributed by atoms with Crippen molar-refractivity contribution in [3.63, 3.8) is 0 Å². The fraction of sp³-hybridized carbons (Fsp3) is 0.565. The number of hydrogen-bond donors (Lipinski definition) is 1. The Labute approximate surface area is 176 Å². The first kappa shape index (κ1) is 20.7. The van der Waals surface area contributed by atoms with Crippen molar-refractivity contribution in [2.45, 2.75) is 37.1 Å². The van der Waals surface area contributed by atoms with Crippen LogP contribution in [0.4, 0.5) is 0 Å². The van der Waals surface area contributed by atoms with Gasteiger partial charge in [-0.1, -0.05) is 6.07 Å². The number of fused-ring (bicyclic) bond motifs is 1. The number of allylic oxidation sites excluding steroid dienone is 1. The zero-order chi connectivity index (χ0) is 21.7. The third-order valence-electron chi connectivity index (χ3n) is 7.54. The topological polar surface area (TPSA) is 82.1 Å². The molecule has 7 heteroatoms. The van der Waals surface area contributed by atoms with E-state index in [1.54, 1.807) is 6.07 Å². The van der Waals surface area contributed by atoms with E-state index in [0.717, 1.165) is 30.5 Å². The molecule has 1 N–H and O–H groups in total. The van der Waals surface area contributed by atoms with E-state index in [1.807, 2.05) is 12.1 Å². The van der Waals surface area contributed by atoms with Crippen molar-refractivity contribution in [1.82, 2.24) is 0 Å². The van der Waals surface area contributed by atoms with Crippen LogP contribution >= 0.6 is 0 Å². The lowest BCUT2D eigenvalue weighted by molar-refractivity contribution is -0.929. The maximum atomic E-state index is 13.0. The molecule has 30 heavy (non-hydrogen) atoms. The molecule has 4 atom stereocenters. The quantitative estimate of drug-likeness (QED) is 0.598. The SMILES string of the molecule is COC(=O)C[N+]1(C)CCCC23CC(=O)C(OC)=CC2C1Cc1ccc(OC)c(O)c13. The van der Waals surface area contributed by atoms with Crippen LogP contribution in [0, 0.1) is 5.92 Å². The van der Waals surface area contributed by atoms with Gasteiger partial charge in [0, 0.05) is 29.7 Å². The van der Waals surface area contributed by atoms with Crippen LogP contribution in [-0.2, 0) is 30.9 Å². The predicted octanol–water partition coefficient (Wildman–Crippen LogP) is 2.10. The normalized spacial score (nSPS) is 32.3. The highest BCUT2D eigenvalue weighted by atomic mass is 16.5. The summed E-state index contributed by atoms with van der Waals surface area (Å²) in [6.07, 6.45) is 4.49. The third kappa shape index (κ3) is 2.90. The third-order valence-corrected chi connectivity index (χ3v) is 7.54. The molecule has 1 heterocycles. The minimum absolute atomic E-state index is 0.0483. The predicted molar refractivity (Wildman–Crippen MR) is 109 cm³/mol. The van der Waals surface area contributed by atoms with Gasteiger partial charge in [0.2, 0.25) is 0 Å². The summed E-state index contributed by atoms with van der Waals surface area (Å²) in [5.41, 5.74) is 1.31. The lowest BCUT2D eigenvalue weighted by Crippen LogP contribution is -2.62. The van der Waals surface area contributed by atoms with Crippen molar-refractivity contribution in [3.8, 4) is 11.5 Å². The van der Waals surface area contributed by atoms with Gasteiger partial charge in [-0.3, -0.25) is 4.79 Å². The van der Waals surface area contributed by atoms with Crippen LogP contribution in [0.15, 0.2) is 24.0 Å². The van der Waals surface area contributed by atoms with E-state index in [1.165, 1.54) is 21.3 Å². The number of likely N-dealkylation sites (N-methyl/N-ethyl adjacent to an activating group) is 1. The summed E-state index contributed by atoms with van der Waals surface area (Å²) < 4.78 is 16.3. The molecule has 0 radical (unpaired) electrons. The molecule has 1 aromatic carbocycles. The number of esters is 1. The number of methoxy groups -OCH3 is 3. The van der Waals surface area contributed by atoms with Gasteiger partial charge in [0.15, 0.2) is 29.6 Å². The number of ether oxygens (including phenoxy) is 3. The standard InChI is InChI=1S/C23H29NO6/c1-24(13-20(26)30-4)9-5-8-23-12-17(25)19(29-3)11-15(23)16(24)10-14-6-7-18(28-2)22(27)21(14)23/h6-7,11,15-16H,5,8-10,12-13H2,1-4H3/p+1. The van der Waals surface area contributed by atoms with Gasteiger partial charge >= 0.3 is 5.97 Å². The number of carbonyl (C=O) groups excluding carboxylic acids is 2. The van der Waals surface area contributed by atoms with Gasteiger partial charge in [-0.2, -0.15) is 0 Å². The molecule has 162 valence electrons. The number of phenolic OH excluding ortho intramolecular Hbond substituents is 1. The van der Waals surface area contributed by atoms with Crippen LogP contribution in [-0.4, -0.2) is 68.9 Å². The number of quaternary nitrogens is 1. The zero-order valence-corrected chi connectivity index (χ0v) is 18.1. The summed E-state index contributed by atoms with van der Waals surface area (Å²) in [5.74, 6) is 0.587. The summed E-state index contributed by atoms with van der Waals surface area (Å²) in [7, 11) is 6.57. The number of nitrogens with zero attached hydrogens (tertiary/aromatic N) is 1. The smallest absolute Gasteiger partial charge is 0.361 e. The molecule has 0 saturated carbocycles. The first-order chi connectivity index (χ1) is 14.3. The molecule has 0 amide bonds. The zero-order valence-electron chi connectivity index (χ0n) is 18.1. The summed E-state index contributed by atoms with van der Waals surface area (Å²) in [6.45, 7) is 1.07. The number of Topliss-reactive ketones (excluding diaryl/α,β-unsaturated/α-hetero) is 1. The summed E-state index contributed by atoms with van der Waals surface area (Å²) in [4.78, 5) is 25.2. The molecule has 1 aromatic rings. The van der Waals surface area contributed by atoms with E-state index in [2.05, 4.69) is 7.05 Å². The van der Waals surface area contributed by atoms with Gasteiger partial charge < -0.3 is 23.8 Å². The Balaban J connectivity index is 1.95. The van der Waals surface area contributed by atoms with Gasteiger partial charge in [0.1, 0.15) is 6.04 Å². The van der Waals surface area contributed by atoms with Gasteiger partial charge in [-0.05, 0) is 30.5 Å². The minimum atomic E-state index is -0.540. The fourth-order valence-electron chi connectivity index (χ4n) is 6.15. The minimum Gasteiger partial charge on any atom is -0.504 e. The van der Waals surface area contributed by atoms with E-state index in [0.29, 0.717) is 22.4 Å². The molecular weight excluding hydrogens is 386 g/mol. The highest BCUT2D eigenvalue weighted by molar-refractivity contribution is 5.96. The number of aromatic hydroxyl groups is 1. The van der Waals surface area contributed by atoms with Gasteiger partial charge in [0.25, 0.3) is 0 Å². The summed E-state index contributed by atoms with van der Waals surface area (Å²) >= 11 is 0. The monoisotopic (exact) mass is 416 g/mol. The molecule has 0 spiro atoms. The number of hydrogen-bond acceptors (Lipinski definition) is 6. The number of ketones is 1. The first-order valence-corrected chi connectivity index (χ1v) is 10.4. The van der Waals surface area contributed by atoms with Crippen LogP contribution < -0.4 is 4.74 Å². The van der Waals surface area contributed by atoms with E-state index in [-0.39, 0.29) is 42.4 Å². The molecule has 2 bridgehead atoms. The second kappa shape index (κ2) is 7.30. The molecule has 3 aliphatic rings. The fourth-order valence-corrected chi connectivity index (χ4v) is 6.15. The Morgan fingerprint density at radius 3 is 2.70 bits per heavy atom. The molecule has 1 fully saturated rings. The molecule has 4 rings (SSSR count). The van der Waals surface area contributed by atoms with Crippen LogP contribution in [0.2, 0.25) is 0 Å². The lowest BCUT2D eigenvalue weighted by Gasteiger charge is -2.52. The van der Waals surface area contributed by atoms with Crippen LogP contribution in [0.3, 0.4) is 0 Å². The van der Waals surface area contributed by atoms with Crippen molar-refractivity contribution in [2.75, 3.05) is 41.5 Å². The highest BCUT2D eigenvalue weighted by Gasteiger charge is 2.59. The maximum absolute atomic E-state index is 13.0. The van der Waals surface area contributed by atoms with E-state index >= 15 is 0 Å². The second-order valence-electron chi connectivity index (χ2n) is 8.98. The first-order valence-electron chi connectivity index (χ1n) is 10.4. The van der Waals surface area contributed by atoms with Gasteiger partial charge in [0.05, 0.1) is 34.9 Å². The van der Waals surface area contributed by atoms with Crippen molar-refractivity contribution >= 4 is 11.8 Å². The molecule has 7 nitrogen and oxygen atoms in total. The summed E-state index contributed by atoms with van der Waals surface area (Å²) in [6, 6.07) is 3.83. The number of benzene rings is 1. The Hall–Kier alpha value is -2.54. The Bertz CT molecular complexity index is 925. The Kier molecular flexibility index (Phi) is 5.04. The average molecular weight is 416 g/mol. The average Bonchev–Trinajstić information content (AvgIpc) is 2.79.